The Morgan fingerprint density at radius 1 is 1.25 bits per heavy atom. The summed E-state index contributed by atoms with van der Waals surface area (Å²) in [6.07, 6.45) is 0.822. The Labute approximate surface area is 184 Å². The van der Waals surface area contributed by atoms with Crippen LogP contribution in [0.1, 0.15) is 16.2 Å². The Morgan fingerprint density at radius 3 is 2.75 bits per heavy atom. The van der Waals surface area contributed by atoms with Crippen molar-refractivity contribution < 1.29 is 19.2 Å². The number of aromatic nitrogens is 2. The predicted octanol–water partition coefficient (Wildman–Crippen LogP) is 2.62. The van der Waals surface area contributed by atoms with Crippen LogP contribution in [0.4, 0.5) is 11.4 Å². The zero-order chi connectivity index (χ0) is 22.7. The van der Waals surface area contributed by atoms with Crippen molar-refractivity contribution in [2.24, 2.45) is 7.05 Å². The van der Waals surface area contributed by atoms with Crippen LogP contribution in [0.2, 0.25) is 0 Å². The largest absolute Gasteiger partial charge is 0.490 e. The summed E-state index contributed by atoms with van der Waals surface area (Å²) in [4.78, 5) is 30.4. The molecule has 2 aromatic carbocycles. The average molecular weight is 439 g/mol. The van der Waals surface area contributed by atoms with Crippen LogP contribution in [0, 0.1) is 10.1 Å². The van der Waals surface area contributed by atoms with E-state index in [1.165, 1.54) is 25.3 Å². The van der Waals surface area contributed by atoms with Gasteiger partial charge in [0.1, 0.15) is 5.82 Å². The van der Waals surface area contributed by atoms with Gasteiger partial charge in [0.2, 0.25) is 0 Å². The number of imidazole rings is 1. The second-order valence-electron chi connectivity index (χ2n) is 7.59. The Balaban J connectivity index is 1.49. The molecule has 0 saturated carbocycles. The molecule has 32 heavy (non-hydrogen) atoms. The highest BCUT2D eigenvalue weighted by Crippen LogP contribution is 2.28. The lowest BCUT2D eigenvalue weighted by molar-refractivity contribution is -0.385. The van der Waals surface area contributed by atoms with Crippen molar-refractivity contribution in [3.63, 3.8) is 0 Å². The number of methoxy groups -OCH3 is 1. The molecule has 1 aliphatic rings. The van der Waals surface area contributed by atoms with E-state index in [-0.39, 0.29) is 17.0 Å². The lowest BCUT2D eigenvalue weighted by atomic mass is 10.1. The van der Waals surface area contributed by atoms with E-state index in [9.17, 15) is 14.9 Å². The maximum Gasteiger partial charge on any atom is 0.311 e. The third-order valence-corrected chi connectivity index (χ3v) is 5.62. The lowest BCUT2D eigenvalue weighted by Gasteiger charge is -2.26. The fraction of sp³-hybridized carbons (Fsp3) is 0.364. The fourth-order valence-corrected chi connectivity index (χ4v) is 3.81. The Morgan fingerprint density at radius 2 is 2.03 bits per heavy atom. The number of amides is 1. The third kappa shape index (κ3) is 4.56. The molecule has 2 heterocycles. The SMILES string of the molecule is COc1ccc(C(=O)Nc2ccc3c(c2)nc(CCN2CCOCC2)n3C)cc1[N+](=O)[O-]. The van der Waals surface area contributed by atoms with Crippen molar-refractivity contribution >= 4 is 28.3 Å². The van der Waals surface area contributed by atoms with Gasteiger partial charge in [-0.3, -0.25) is 19.8 Å². The maximum absolute atomic E-state index is 12.7. The molecule has 4 rings (SSSR count). The van der Waals surface area contributed by atoms with Crippen LogP contribution in [0.25, 0.3) is 11.0 Å². The van der Waals surface area contributed by atoms with Crippen molar-refractivity contribution in [1.29, 1.82) is 0 Å². The minimum atomic E-state index is -0.575. The normalized spacial score (nSPS) is 14.4. The third-order valence-electron chi connectivity index (χ3n) is 5.62. The van der Waals surface area contributed by atoms with Crippen LogP contribution in [-0.2, 0) is 18.2 Å². The average Bonchev–Trinajstić information content (AvgIpc) is 3.12. The van der Waals surface area contributed by atoms with E-state index in [0.29, 0.717) is 5.69 Å². The van der Waals surface area contributed by atoms with E-state index < -0.39 is 10.8 Å². The summed E-state index contributed by atoms with van der Waals surface area (Å²) >= 11 is 0. The molecule has 0 radical (unpaired) electrons. The van der Waals surface area contributed by atoms with Gasteiger partial charge in [-0.1, -0.05) is 0 Å². The number of hydrogen-bond acceptors (Lipinski definition) is 7. The van der Waals surface area contributed by atoms with Gasteiger partial charge in [-0.05, 0) is 30.3 Å². The van der Waals surface area contributed by atoms with Gasteiger partial charge in [-0.2, -0.15) is 0 Å². The summed E-state index contributed by atoms with van der Waals surface area (Å²) in [5.74, 6) is 0.630. The number of nitro groups is 1. The molecule has 1 fully saturated rings. The zero-order valence-corrected chi connectivity index (χ0v) is 18.0. The van der Waals surface area contributed by atoms with Gasteiger partial charge in [0, 0.05) is 50.4 Å². The highest BCUT2D eigenvalue weighted by molar-refractivity contribution is 6.05. The number of hydrogen-bond donors (Lipinski definition) is 1. The number of rotatable bonds is 7. The molecule has 1 amide bonds. The minimum absolute atomic E-state index is 0.103. The molecular weight excluding hydrogens is 414 g/mol. The molecule has 0 bridgehead atoms. The van der Waals surface area contributed by atoms with Gasteiger partial charge in [0.15, 0.2) is 5.75 Å². The van der Waals surface area contributed by atoms with Crippen LogP contribution >= 0.6 is 0 Å². The molecule has 0 spiro atoms. The van der Waals surface area contributed by atoms with E-state index >= 15 is 0 Å². The molecular formula is C22H25N5O5. The van der Waals surface area contributed by atoms with E-state index in [0.717, 1.165) is 56.1 Å². The number of nitrogens with zero attached hydrogens (tertiary/aromatic N) is 4. The van der Waals surface area contributed by atoms with Crippen molar-refractivity contribution in [2.75, 3.05) is 45.3 Å². The van der Waals surface area contributed by atoms with Crippen LogP contribution in [0.15, 0.2) is 36.4 Å². The molecule has 10 heteroatoms. The summed E-state index contributed by atoms with van der Waals surface area (Å²) in [5, 5.41) is 14.0. The zero-order valence-electron chi connectivity index (χ0n) is 18.0. The van der Waals surface area contributed by atoms with Crippen molar-refractivity contribution in [3.05, 3.63) is 57.9 Å². The number of ether oxygens (including phenoxy) is 2. The number of carbonyl (C=O) groups is 1. The highest BCUT2D eigenvalue weighted by Gasteiger charge is 2.19. The molecule has 0 unspecified atom stereocenters. The van der Waals surface area contributed by atoms with E-state index in [2.05, 4.69) is 14.8 Å². The van der Waals surface area contributed by atoms with Crippen LogP contribution in [0.5, 0.6) is 5.75 Å². The smallest absolute Gasteiger partial charge is 0.311 e. The Hall–Kier alpha value is -3.50. The fourth-order valence-electron chi connectivity index (χ4n) is 3.81. The lowest BCUT2D eigenvalue weighted by Crippen LogP contribution is -2.37. The first kappa shape index (κ1) is 21.7. The summed E-state index contributed by atoms with van der Waals surface area (Å²) in [6, 6.07) is 9.62. The molecule has 168 valence electrons. The second kappa shape index (κ2) is 9.33. The second-order valence-corrected chi connectivity index (χ2v) is 7.59. The van der Waals surface area contributed by atoms with Crippen LogP contribution < -0.4 is 10.1 Å². The van der Waals surface area contributed by atoms with Gasteiger partial charge < -0.3 is 19.4 Å². The van der Waals surface area contributed by atoms with E-state index in [4.69, 9.17) is 14.5 Å². The number of benzene rings is 2. The summed E-state index contributed by atoms with van der Waals surface area (Å²) < 4.78 is 12.4. The summed E-state index contributed by atoms with van der Waals surface area (Å²) in [5.41, 5.74) is 2.23. The summed E-state index contributed by atoms with van der Waals surface area (Å²) in [7, 11) is 3.33. The topological polar surface area (TPSA) is 112 Å². The molecule has 10 nitrogen and oxygen atoms in total. The Bertz CT molecular complexity index is 1150. The van der Waals surface area contributed by atoms with Gasteiger partial charge in [0.25, 0.3) is 5.91 Å². The van der Waals surface area contributed by atoms with Gasteiger partial charge >= 0.3 is 5.69 Å². The molecule has 0 aliphatic carbocycles. The van der Waals surface area contributed by atoms with Crippen LogP contribution in [0.3, 0.4) is 0 Å². The highest BCUT2D eigenvalue weighted by atomic mass is 16.6. The number of carbonyl (C=O) groups excluding carboxylic acids is 1. The van der Waals surface area contributed by atoms with Gasteiger partial charge in [0.05, 0.1) is 36.3 Å². The van der Waals surface area contributed by atoms with Gasteiger partial charge in [-0.15, -0.1) is 0 Å². The molecule has 0 atom stereocenters. The standard InChI is InChI=1S/C22H25N5O5/c1-25-18-5-4-16(14-17(18)24-21(25)7-8-26-9-11-32-12-10-26)23-22(28)15-3-6-20(31-2)19(13-15)27(29)30/h3-6,13-14H,7-12H2,1-2H3,(H,23,28). The van der Waals surface area contributed by atoms with Crippen LogP contribution in [-0.4, -0.2) is 65.2 Å². The number of anilines is 1. The number of fused-ring (bicyclic) bond motifs is 1. The number of morpholine rings is 1. The molecule has 1 N–H and O–H groups in total. The van der Waals surface area contributed by atoms with Crippen molar-refractivity contribution in [2.45, 2.75) is 6.42 Å². The molecule has 3 aromatic rings. The molecule has 1 saturated heterocycles. The first-order valence-electron chi connectivity index (χ1n) is 10.4. The van der Waals surface area contributed by atoms with Crippen molar-refractivity contribution in [3.8, 4) is 5.75 Å². The first-order chi connectivity index (χ1) is 15.5. The van der Waals surface area contributed by atoms with Crippen molar-refractivity contribution in [1.82, 2.24) is 14.5 Å². The molecule has 1 aromatic heterocycles. The predicted molar refractivity (Wildman–Crippen MR) is 119 cm³/mol. The van der Waals surface area contributed by atoms with E-state index in [1.54, 1.807) is 6.07 Å². The van der Waals surface area contributed by atoms with E-state index in [1.807, 2.05) is 19.2 Å². The number of nitrogens with one attached hydrogen (secondary N) is 1. The molecule has 1 aliphatic heterocycles. The minimum Gasteiger partial charge on any atom is -0.490 e. The Kier molecular flexibility index (Phi) is 6.33. The quantitative estimate of drug-likeness (QED) is 0.445. The van der Waals surface area contributed by atoms with Gasteiger partial charge in [-0.25, -0.2) is 4.98 Å². The first-order valence-corrected chi connectivity index (χ1v) is 10.4. The number of aryl methyl sites for hydroxylation is 1. The monoisotopic (exact) mass is 439 g/mol. The summed E-state index contributed by atoms with van der Waals surface area (Å²) in [6.45, 7) is 4.32. The maximum atomic E-state index is 12.7. The number of nitro benzene ring substituents is 1.